The lowest BCUT2D eigenvalue weighted by Gasteiger charge is -2.03. The minimum Gasteiger partial charge on any atom is -0.323 e. The van der Waals surface area contributed by atoms with Crippen LogP contribution in [-0.2, 0) is 16.6 Å². The number of ketones is 1. The zero-order valence-electron chi connectivity index (χ0n) is 9.42. The number of Topliss-reactive ketones (excluding diaryl/α,β-unsaturated/α-hetero) is 1. The van der Waals surface area contributed by atoms with Gasteiger partial charge in [-0.3, -0.25) is 14.3 Å². The van der Waals surface area contributed by atoms with Crippen molar-refractivity contribution in [2.75, 3.05) is 5.32 Å². The van der Waals surface area contributed by atoms with Crippen LogP contribution in [0, 0.1) is 13.8 Å². The molecule has 1 aromatic rings. The van der Waals surface area contributed by atoms with Crippen LogP contribution in [0.1, 0.15) is 24.7 Å². The number of nitrogens with one attached hydrogen (secondary N) is 1. The number of nitrogens with zero attached hydrogens (tertiary/aromatic N) is 2. The van der Waals surface area contributed by atoms with E-state index in [9.17, 15) is 9.59 Å². The Balaban J connectivity index is 2.80. The molecule has 5 nitrogen and oxygen atoms in total. The molecule has 0 saturated heterocycles. The molecule has 1 aromatic heterocycles. The molecule has 82 valence electrons. The van der Waals surface area contributed by atoms with Gasteiger partial charge in [0.1, 0.15) is 5.78 Å². The topological polar surface area (TPSA) is 64.0 Å². The fraction of sp³-hybridized carbons (Fsp3) is 0.500. The lowest BCUT2D eigenvalue weighted by molar-refractivity contribution is -0.124. The van der Waals surface area contributed by atoms with Gasteiger partial charge in [-0.25, -0.2) is 0 Å². The summed E-state index contributed by atoms with van der Waals surface area (Å²) in [5.41, 5.74) is 2.33. The Morgan fingerprint density at radius 1 is 1.40 bits per heavy atom. The van der Waals surface area contributed by atoms with E-state index < -0.39 is 0 Å². The molecule has 15 heavy (non-hydrogen) atoms. The molecule has 0 aliphatic carbocycles. The molecule has 0 radical (unpaired) electrons. The highest BCUT2D eigenvalue weighted by molar-refractivity contribution is 6.03. The molecule has 0 bridgehead atoms. The van der Waals surface area contributed by atoms with Crippen LogP contribution >= 0.6 is 0 Å². The molecule has 0 aliphatic rings. The quantitative estimate of drug-likeness (QED) is 0.754. The zero-order chi connectivity index (χ0) is 11.6. The Labute approximate surface area is 88.5 Å². The van der Waals surface area contributed by atoms with E-state index in [1.54, 1.807) is 4.68 Å². The van der Waals surface area contributed by atoms with Gasteiger partial charge < -0.3 is 5.32 Å². The fourth-order valence-corrected chi connectivity index (χ4v) is 1.36. The number of rotatable bonds is 3. The summed E-state index contributed by atoms with van der Waals surface area (Å²) in [7, 11) is 1.81. The first-order valence-electron chi connectivity index (χ1n) is 4.71. The van der Waals surface area contributed by atoms with Crippen molar-refractivity contribution in [2.45, 2.75) is 27.2 Å². The normalized spacial score (nSPS) is 10.1. The third-order valence-electron chi connectivity index (χ3n) is 2.18. The molecule has 1 amide bonds. The largest absolute Gasteiger partial charge is 0.323 e. The number of hydrogen-bond acceptors (Lipinski definition) is 3. The average molecular weight is 209 g/mol. The Morgan fingerprint density at radius 2 is 2.00 bits per heavy atom. The monoisotopic (exact) mass is 209 g/mol. The first-order valence-corrected chi connectivity index (χ1v) is 4.71. The number of hydrogen-bond donors (Lipinski definition) is 1. The van der Waals surface area contributed by atoms with Gasteiger partial charge in [0.2, 0.25) is 5.91 Å². The molecule has 0 aliphatic heterocycles. The number of amides is 1. The molecule has 1 rings (SSSR count). The molecule has 5 heteroatoms. The zero-order valence-corrected chi connectivity index (χ0v) is 9.42. The van der Waals surface area contributed by atoms with E-state index in [2.05, 4.69) is 10.4 Å². The van der Waals surface area contributed by atoms with Crippen molar-refractivity contribution < 1.29 is 9.59 Å². The van der Waals surface area contributed by atoms with Crippen LogP contribution < -0.4 is 5.32 Å². The van der Waals surface area contributed by atoms with Gasteiger partial charge in [0.25, 0.3) is 0 Å². The molecule has 0 saturated carbocycles. The van der Waals surface area contributed by atoms with Crippen molar-refractivity contribution in [3.63, 3.8) is 0 Å². The van der Waals surface area contributed by atoms with Crippen LogP contribution in [0.5, 0.6) is 0 Å². The third kappa shape index (κ3) is 2.65. The average Bonchev–Trinajstić information content (AvgIpc) is 2.31. The smallest absolute Gasteiger partial charge is 0.231 e. The maximum absolute atomic E-state index is 11.4. The predicted octanol–water partition coefficient (Wildman–Crippen LogP) is 0.955. The fourth-order valence-electron chi connectivity index (χ4n) is 1.36. The van der Waals surface area contributed by atoms with E-state index in [-0.39, 0.29) is 18.1 Å². The first-order chi connectivity index (χ1) is 6.91. The summed E-state index contributed by atoms with van der Waals surface area (Å²) >= 11 is 0. The van der Waals surface area contributed by atoms with Crippen LogP contribution in [0.25, 0.3) is 0 Å². The Morgan fingerprint density at radius 3 is 2.40 bits per heavy atom. The first kappa shape index (κ1) is 11.4. The van der Waals surface area contributed by atoms with Crippen molar-refractivity contribution in [3.8, 4) is 0 Å². The maximum Gasteiger partial charge on any atom is 0.231 e. The van der Waals surface area contributed by atoms with E-state index in [0.29, 0.717) is 5.69 Å². The van der Waals surface area contributed by atoms with Crippen molar-refractivity contribution in [2.24, 2.45) is 7.05 Å². The molecular formula is C10H15N3O2. The molecule has 1 heterocycles. The highest BCUT2D eigenvalue weighted by Gasteiger charge is 2.13. The molecule has 0 spiro atoms. The van der Waals surface area contributed by atoms with Crippen molar-refractivity contribution in [1.29, 1.82) is 0 Å². The van der Waals surface area contributed by atoms with Crippen molar-refractivity contribution >= 4 is 17.4 Å². The maximum atomic E-state index is 11.4. The van der Waals surface area contributed by atoms with Gasteiger partial charge in [-0.2, -0.15) is 5.10 Å². The molecule has 0 aromatic carbocycles. The Hall–Kier alpha value is -1.65. The summed E-state index contributed by atoms with van der Waals surface area (Å²) in [5, 5.41) is 6.85. The van der Waals surface area contributed by atoms with Gasteiger partial charge in [0.05, 0.1) is 23.5 Å². The summed E-state index contributed by atoms with van der Waals surface area (Å²) < 4.78 is 1.69. The summed E-state index contributed by atoms with van der Waals surface area (Å²) in [6.45, 7) is 5.07. The second-order valence-electron chi connectivity index (χ2n) is 3.60. The lowest BCUT2D eigenvalue weighted by Crippen LogP contribution is -2.15. The van der Waals surface area contributed by atoms with Crippen LogP contribution in [0.3, 0.4) is 0 Å². The number of aryl methyl sites for hydroxylation is 2. The van der Waals surface area contributed by atoms with E-state index in [1.165, 1.54) is 6.92 Å². The lowest BCUT2D eigenvalue weighted by atomic mass is 10.2. The van der Waals surface area contributed by atoms with Crippen LogP contribution in [-0.4, -0.2) is 21.5 Å². The number of carbonyl (C=O) groups excluding carboxylic acids is 2. The number of carbonyl (C=O) groups is 2. The molecule has 0 fully saturated rings. The highest BCUT2D eigenvalue weighted by Crippen LogP contribution is 2.18. The number of aromatic nitrogens is 2. The predicted molar refractivity (Wildman–Crippen MR) is 56.6 cm³/mol. The summed E-state index contributed by atoms with van der Waals surface area (Å²) in [4.78, 5) is 22.1. The van der Waals surface area contributed by atoms with Gasteiger partial charge in [0, 0.05) is 7.05 Å². The van der Waals surface area contributed by atoms with Gasteiger partial charge in [-0.05, 0) is 20.8 Å². The van der Waals surface area contributed by atoms with Crippen LogP contribution in [0.4, 0.5) is 5.69 Å². The van der Waals surface area contributed by atoms with Crippen molar-refractivity contribution in [3.05, 3.63) is 11.4 Å². The third-order valence-corrected chi connectivity index (χ3v) is 2.18. The summed E-state index contributed by atoms with van der Waals surface area (Å²) in [5.74, 6) is -0.437. The number of anilines is 1. The molecule has 0 atom stereocenters. The van der Waals surface area contributed by atoms with Gasteiger partial charge >= 0.3 is 0 Å². The second kappa shape index (κ2) is 4.25. The van der Waals surface area contributed by atoms with E-state index >= 15 is 0 Å². The van der Waals surface area contributed by atoms with Crippen LogP contribution in [0.15, 0.2) is 0 Å². The van der Waals surface area contributed by atoms with Gasteiger partial charge in [-0.15, -0.1) is 0 Å². The van der Waals surface area contributed by atoms with E-state index in [0.717, 1.165) is 11.4 Å². The SMILES string of the molecule is CC(=O)CC(=O)Nc1c(C)nn(C)c1C. The Kier molecular flexibility index (Phi) is 3.24. The molecule has 0 unspecified atom stereocenters. The highest BCUT2D eigenvalue weighted by atomic mass is 16.2. The van der Waals surface area contributed by atoms with Crippen molar-refractivity contribution in [1.82, 2.24) is 9.78 Å². The molecule has 1 N–H and O–H groups in total. The van der Waals surface area contributed by atoms with E-state index in [4.69, 9.17) is 0 Å². The summed E-state index contributed by atoms with van der Waals surface area (Å²) in [6, 6.07) is 0. The van der Waals surface area contributed by atoms with Crippen LogP contribution in [0.2, 0.25) is 0 Å². The minimum atomic E-state index is -0.290. The Bertz CT molecular complexity index is 407. The van der Waals surface area contributed by atoms with Gasteiger partial charge in [0.15, 0.2) is 0 Å². The minimum absolute atomic E-state index is 0.0895. The van der Waals surface area contributed by atoms with Gasteiger partial charge in [-0.1, -0.05) is 0 Å². The standard InChI is InChI=1S/C10H15N3O2/c1-6(14)5-9(15)11-10-7(2)12-13(4)8(10)3/h5H2,1-4H3,(H,11,15). The van der Waals surface area contributed by atoms with E-state index in [1.807, 2.05) is 20.9 Å². The second-order valence-corrected chi connectivity index (χ2v) is 3.60. The summed E-state index contributed by atoms with van der Waals surface area (Å²) in [6.07, 6.45) is -0.0895. The molecular weight excluding hydrogens is 194 g/mol.